The Bertz CT molecular complexity index is 486. The Labute approximate surface area is 148 Å². The van der Waals surface area contributed by atoms with Crippen LogP contribution < -0.4 is 4.74 Å². The van der Waals surface area contributed by atoms with Crippen molar-refractivity contribution in [2.75, 3.05) is 52.9 Å². The highest BCUT2D eigenvalue weighted by Gasteiger charge is 2.22. The van der Waals surface area contributed by atoms with Crippen LogP contribution in [0.5, 0.6) is 5.75 Å². The molecular weight excluding hydrogens is 326 g/mol. The second kappa shape index (κ2) is 10.6. The highest BCUT2D eigenvalue weighted by molar-refractivity contribution is 8.00. The van der Waals surface area contributed by atoms with Crippen molar-refractivity contribution in [3.05, 3.63) is 24.3 Å². The number of amides is 1. The van der Waals surface area contributed by atoms with E-state index in [9.17, 15) is 4.79 Å². The molecule has 2 rings (SSSR count). The fourth-order valence-electron chi connectivity index (χ4n) is 2.65. The molecule has 1 aromatic rings. The van der Waals surface area contributed by atoms with Gasteiger partial charge in [0.05, 0.1) is 26.1 Å². The van der Waals surface area contributed by atoms with Crippen LogP contribution in [0, 0.1) is 5.92 Å². The average Bonchev–Trinajstić information content (AvgIpc) is 2.64. The first-order chi connectivity index (χ1) is 11.7. The van der Waals surface area contributed by atoms with Gasteiger partial charge in [-0.3, -0.25) is 4.79 Å². The lowest BCUT2D eigenvalue weighted by Gasteiger charge is -2.31. The van der Waals surface area contributed by atoms with E-state index in [2.05, 4.69) is 0 Å². The number of likely N-dealkylation sites (tertiary alicyclic amines) is 1. The normalized spacial score (nSPS) is 15.5. The second-order valence-electron chi connectivity index (χ2n) is 5.86. The first-order valence-corrected chi connectivity index (χ1v) is 9.32. The Kier molecular flexibility index (Phi) is 8.42. The van der Waals surface area contributed by atoms with Gasteiger partial charge in [0, 0.05) is 31.7 Å². The highest BCUT2D eigenvalue weighted by Crippen LogP contribution is 2.23. The zero-order valence-corrected chi connectivity index (χ0v) is 15.3. The third-order valence-corrected chi connectivity index (χ3v) is 5.17. The Balaban J connectivity index is 1.65. The van der Waals surface area contributed by atoms with Crippen molar-refractivity contribution in [2.45, 2.75) is 17.7 Å². The van der Waals surface area contributed by atoms with Crippen molar-refractivity contribution in [1.82, 2.24) is 4.90 Å². The van der Waals surface area contributed by atoms with Crippen molar-refractivity contribution in [1.29, 1.82) is 0 Å². The predicted octanol–water partition coefficient (Wildman–Crippen LogP) is 2.69. The maximum atomic E-state index is 12.3. The Hall–Kier alpha value is -1.24. The van der Waals surface area contributed by atoms with Gasteiger partial charge in [0.2, 0.25) is 5.91 Å². The number of carbonyl (C=O) groups excluding carboxylic acids is 1. The van der Waals surface area contributed by atoms with E-state index in [1.807, 2.05) is 29.2 Å². The monoisotopic (exact) mass is 353 g/mol. The first kappa shape index (κ1) is 19.1. The van der Waals surface area contributed by atoms with Crippen LogP contribution in [0.4, 0.5) is 0 Å². The lowest BCUT2D eigenvalue weighted by Crippen LogP contribution is -2.40. The molecule has 0 aromatic heterocycles. The molecule has 1 heterocycles. The van der Waals surface area contributed by atoms with E-state index in [1.165, 1.54) is 0 Å². The summed E-state index contributed by atoms with van der Waals surface area (Å²) in [5, 5.41) is 0. The molecule has 0 N–H and O–H groups in total. The highest BCUT2D eigenvalue weighted by atomic mass is 32.2. The zero-order valence-electron chi connectivity index (χ0n) is 14.5. The van der Waals surface area contributed by atoms with Crippen LogP contribution in [-0.2, 0) is 14.3 Å². The Morgan fingerprint density at radius 1 is 1.17 bits per heavy atom. The van der Waals surface area contributed by atoms with Crippen molar-refractivity contribution in [3.63, 3.8) is 0 Å². The van der Waals surface area contributed by atoms with Crippen molar-refractivity contribution < 1.29 is 19.0 Å². The molecule has 0 unspecified atom stereocenters. The SMILES string of the molecule is COCCOCC1CCN(C(=O)CSc2ccc(OC)cc2)CC1. The summed E-state index contributed by atoms with van der Waals surface area (Å²) in [5.74, 6) is 2.09. The third kappa shape index (κ3) is 6.34. The molecule has 0 radical (unpaired) electrons. The van der Waals surface area contributed by atoms with Crippen LogP contribution in [0.1, 0.15) is 12.8 Å². The Morgan fingerprint density at radius 3 is 2.50 bits per heavy atom. The van der Waals surface area contributed by atoms with E-state index in [4.69, 9.17) is 14.2 Å². The van der Waals surface area contributed by atoms with Crippen molar-refractivity contribution in [2.24, 2.45) is 5.92 Å². The van der Waals surface area contributed by atoms with Crippen LogP contribution in [0.3, 0.4) is 0 Å². The number of nitrogens with zero attached hydrogens (tertiary/aromatic N) is 1. The minimum absolute atomic E-state index is 0.217. The van der Waals surface area contributed by atoms with Gasteiger partial charge in [0.1, 0.15) is 5.75 Å². The summed E-state index contributed by atoms with van der Waals surface area (Å²) >= 11 is 1.58. The van der Waals surface area contributed by atoms with Crippen LogP contribution in [0.2, 0.25) is 0 Å². The molecule has 1 saturated heterocycles. The van der Waals surface area contributed by atoms with E-state index >= 15 is 0 Å². The topological polar surface area (TPSA) is 48.0 Å². The van der Waals surface area contributed by atoms with Gasteiger partial charge >= 0.3 is 0 Å². The fourth-order valence-corrected chi connectivity index (χ4v) is 3.45. The van der Waals surface area contributed by atoms with Gasteiger partial charge in [-0.25, -0.2) is 0 Å². The quantitative estimate of drug-likeness (QED) is 0.505. The van der Waals surface area contributed by atoms with Gasteiger partial charge in [-0.15, -0.1) is 11.8 Å². The molecule has 24 heavy (non-hydrogen) atoms. The molecule has 6 heteroatoms. The summed E-state index contributed by atoms with van der Waals surface area (Å²) in [7, 11) is 3.33. The number of methoxy groups -OCH3 is 2. The minimum atomic E-state index is 0.217. The first-order valence-electron chi connectivity index (χ1n) is 8.34. The van der Waals surface area contributed by atoms with E-state index in [0.717, 1.165) is 43.2 Å². The maximum absolute atomic E-state index is 12.3. The number of benzene rings is 1. The number of thioether (sulfide) groups is 1. The smallest absolute Gasteiger partial charge is 0.232 e. The summed E-state index contributed by atoms with van der Waals surface area (Å²) in [5.41, 5.74) is 0. The molecule has 134 valence electrons. The van der Waals surface area contributed by atoms with Gasteiger partial charge in [-0.05, 0) is 43.0 Å². The van der Waals surface area contributed by atoms with Crippen molar-refractivity contribution >= 4 is 17.7 Å². The van der Waals surface area contributed by atoms with E-state index < -0.39 is 0 Å². The lowest BCUT2D eigenvalue weighted by molar-refractivity contribution is -0.130. The van der Waals surface area contributed by atoms with Crippen LogP contribution in [-0.4, -0.2) is 63.7 Å². The molecular formula is C18H27NO4S. The molecule has 0 aliphatic carbocycles. The molecule has 0 atom stereocenters. The van der Waals surface area contributed by atoms with Gasteiger partial charge in [0.25, 0.3) is 0 Å². The lowest BCUT2D eigenvalue weighted by atomic mass is 9.98. The minimum Gasteiger partial charge on any atom is -0.497 e. The molecule has 1 aromatic carbocycles. The van der Waals surface area contributed by atoms with Gasteiger partial charge in [-0.1, -0.05) is 0 Å². The standard InChI is InChI=1S/C18H27NO4S/c1-21-11-12-23-13-15-7-9-19(10-8-15)18(20)14-24-17-5-3-16(22-2)4-6-17/h3-6,15H,7-14H2,1-2H3. The molecule has 1 aliphatic heterocycles. The fraction of sp³-hybridized carbons (Fsp3) is 0.611. The molecule has 5 nitrogen and oxygen atoms in total. The van der Waals surface area contributed by atoms with E-state index in [1.54, 1.807) is 26.0 Å². The van der Waals surface area contributed by atoms with E-state index in [0.29, 0.717) is 24.9 Å². The average molecular weight is 353 g/mol. The molecule has 0 spiro atoms. The number of hydrogen-bond donors (Lipinski definition) is 0. The summed E-state index contributed by atoms with van der Waals surface area (Å²) < 4.78 is 15.7. The number of ether oxygens (including phenoxy) is 3. The predicted molar refractivity (Wildman–Crippen MR) is 95.7 cm³/mol. The summed E-state index contributed by atoms with van der Waals surface area (Å²) in [4.78, 5) is 15.4. The Morgan fingerprint density at radius 2 is 1.88 bits per heavy atom. The number of rotatable bonds is 9. The maximum Gasteiger partial charge on any atom is 0.232 e. The molecule has 1 aliphatic rings. The summed E-state index contributed by atoms with van der Waals surface area (Å²) in [6.45, 7) is 3.72. The molecule has 1 fully saturated rings. The number of hydrogen-bond acceptors (Lipinski definition) is 5. The number of carbonyl (C=O) groups is 1. The largest absolute Gasteiger partial charge is 0.497 e. The van der Waals surface area contributed by atoms with Crippen LogP contribution >= 0.6 is 11.8 Å². The summed E-state index contributed by atoms with van der Waals surface area (Å²) in [6, 6.07) is 7.81. The van der Waals surface area contributed by atoms with Gasteiger partial charge in [-0.2, -0.15) is 0 Å². The second-order valence-corrected chi connectivity index (χ2v) is 6.90. The molecule has 1 amide bonds. The van der Waals surface area contributed by atoms with E-state index in [-0.39, 0.29) is 5.91 Å². The van der Waals surface area contributed by atoms with Gasteiger partial charge < -0.3 is 19.1 Å². The zero-order chi connectivity index (χ0) is 17.2. The number of piperidine rings is 1. The van der Waals surface area contributed by atoms with Gasteiger partial charge in [0.15, 0.2) is 0 Å². The summed E-state index contributed by atoms with van der Waals surface area (Å²) in [6.07, 6.45) is 2.04. The molecule has 0 bridgehead atoms. The van der Waals surface area contributed by atoms with Crippen LogP contribution in [0.15, 0.2) is 29.2 Å². The molecule has 0 saturated carbocycles. The third-order valence-electron chi connectivity index (χ3n) is 4.17. The van der Waals surface area contributed by atoms with Crippen LogP contribution in [0.25, 0.3) is 0 Å². The van der Waals surface area contributed by atoms with Crippen molar-refractivity contribution in [3.8, 4) is 5.75 Å².